The average molecular weight is 511 g/mol. The van der Waals surface area contributed by atoms with Crippen molar-refractivity contribution in [2.45, 2.75) is 26.8 Å². The monoisotopic (exact) mass is 510 g/mol. The molecule has 0 bridgehead atoms. The number of aryl methyl sites for hydroxylation is 2. The van der Waals surface area contributed by atoms with E-state index in [9.17, 15) is 14.4 Å². The van der Waals surface area contributed by atoms with E-state index in [2.05, 4.69) is 29.3 Å². The lowest BCUT2D eigenvalue weighted by Gasteiger charge is -2.36. The summed E-state index contributed by atoms with van der Waals surface area (Å²) >= 11 is 0. The second-order valence-corrected chi connectivity index (χ2v) is 10.3. The Kier molecular flexibility index (Phi) is 7.45. The van der Waals surface area contributed by atoms with Gasteiger partial charge in [0.25, 0.3) is 5.91 Å². The van der Waals surface area contributed by atoms with E-state index in [0.29, 0.717) is 37.4 Å². The van der Waals surface area contributed by atoms with E-state index in [0.717, 1.165) is 18.7 Å². The fourth-order valence-electron chi connectivity index (χ4n) is 5.21. The lowest BCUT2D eigenvalue weighted by molar-refractivity contribution is -0.128. The van der Waals surface area contributed by atoms with Crippen molar-refractivity contribution in [3.8, 4) is 0 Å². The van der Waals surface area contributed by atoms with Crippen molar-refractivity contribution in [2.24, 2.45) is 5.92 Å². The fraction of sp³-hybridized carbons (Fsp3) is 0.323. The maximum atomic E-state index is 13.1. The predicted octanol–water partition coefficient (Wildman–Crippen LogP) is 4.25. The van der Waals surface area contributed by atoms with Crippen molar-refractivity contribution in [3.63, 3.8) is 0 Å². The van der Waals surface area contributed by atoms with Gasteiger partial charge in [-0.05, 0) is 55.3 Å². The van der Waals surface area contributed by atoms with Crippen molar-refractivity contribution >= 4 is 29.1 Å². The summed E-state index contributed by atoms with van der Waals surface area (Å²) in [5, 5.41) is 2.92. The molecule has 3 aromatic carbocycles. The van der Waals surface area contributed by atoms with Crippen molar-refractivity contribution in [1.82, 2.24) is 9.80 Å². The molecule has 1 unspecified atom stereocenters. The molecule has 196 valence electrons. The van der Waals surface area contributed by atoms with Gasteiger partial charge in [-0.25, -0.2) is 0 Å². The number of piperazine rings is 1. The molecule has 1 N–H and O–H groups in total. The maximum Gasteiger partial charge on any atom is 0.253 e. The Labute approximate surface area is 224 Å². The van der Waals surface area contributed by atoms with E-state index >= 15 is 0 Å². The zero-order valence-electron chi connectivity index (χ0n) is 22.0. The molecule has 0 spiro atoms. The number of amides is 3. The molecule has 0 aromatic heterocycles. The van der Waals surface area contributed by atoms with Gasteiger partial charge in [-0.2, -0.15) is 0 Å². The van der Waals surface area contributed by atoms with Crippen LogP contribution in [0, 0.1) is 19.8 Å². The lowest BCUT2D eigenvalue weighted by Crippen LogP contribution is -2.49. The van der Waals surface area contributed by atoms with Crippen molar-refractivity contribution in [2.75, 3.05) is 42.9 Å². The molecule has 2 fully saturated rings. The van der Waals surface area contributed by atoms with Crippen LogP contribution in [-0.4, -0.2) is 60.2 Å². The molecule has 38 heavy (non-hydrogen) atoms. The van der Waals surface area contributed by atoms with Gasteiger partial charge in [0.15, 0.2) is 0 Å². The number of likely N-dealkylation sites (tertiary alicyclic amines) is 1. The molecule has 3 amide bonds. The van der Waals surface area contributed by atoms with Crippen LogP contribution in [0.2, 0.25) is 0 Å². The number of carbonyl (C=O) groups is 3. The number of anilines is 2. The first-order chi connectivity index (χ1) is 18.4. The van der Waals surface area contributed by atoms with Gasteiger partial charge in [0.2, 0.25) is 11.8 Å². The van der Waals surface area contributed by atoms with E-state index in [1.165, 1.54) is 16.8 Å². The first kappa shape index (κ1) is 25.5. The minimum atomic E-state index is -0.390. The van der Waals surface area contributed by atoms with Crippen LogP contribution in [0.1, 0.15) is 33.5 Å². The molecule has 5 rings (SSSR count). The van der Waals surface area contributed by atoms with E-state index in [1.807, 2.05) is 48.2 Å². The van der Waals surface area contributed by atoms with E-state index in [1.54, 1.807) is 29.2 Å². The molecule has 7 nitrogen and oxygen atoms in total. The lowest BCUT2D eigenvalue weighted by atomic mass is 10.1. The molecule has 1 atom stereocenters. The summed E-state index contributed by atoms with van der Waals surface area (Å²) in [6, 6.07) is 23.5. The highest BCUT2D eigenvalue weighted by Gasteiger charge is 2.34. The smallest absolute Gasteiger partial charge is 0.253 e. The Morgan fingerprint density at radius 2 is 1.55 bits per heavy atom. The van der Waals surface area contributed by atoms with Gasteiger partial charge in [0, 0.05) is 62.6 Å². The quantitative estimate of drug-likeness (QED) is 0.538. The third kappa shape index (κ3) is 5.72. The molecular formula is C31H34N4O3. The van der Waals surface area contributed by atoms with Crippen LogP contribution in [0.25, 0.3) is 0 Å². The highest BCUT2D eigenvalue weighted by molar-refractivity contribution is 5.98. The highest BCUT2D eigenvalue weighted by Crippen LogP contribution is 2.24. The average Bonchev–Trinajstić information content (AvgIpc) is 3.30. The summed E-state index contributed by atoms with van der Waals surface area (Å²) in [6.45, 7) is 7.99. The third-order valence-corrected chi connectivity index (χ3v) is 7.50. The Bertz CT molecular complexity index is 1310. The second-order valence-electron chi connectivity index (χ2n) is 10.3. The number of carbonyl (C=O) groups excluding carboxylic acids is 3. The van der Waals surface area contributed by atoms with Gasteiger partial charge in [0.05, 0.1) is 5.92 Å². The Hall–Kier alpha value is -4.13. The van der Waals surface area contributed by atoms with Gasteiger partial charge >= 0.3 is 0 Å². The summed E-state index contributed by atoms with van der Waals surface area (Å²) in [5.41, 5.74) is 5.93. The molecule has 0 saturated carbocycles. The van der Waals surface area contributed by atoms with E-state index in [4.69, 9.17) is 0 Å². The number of nitrogens with zero attached hydrogens (tertiary/aromatic N) is 3. The maximum absolute atomic E-state index is 13.1. The standard InChI is InChI=1S/C31H34N4O3/c1-22-7-9-24(10-8-22)20-35-21-26(19-29(35)36)30(37)32-27-13-11-25(12-14-27)31(38)34-17-15-33(16-18-34)28-6-4-3-5-23(28)2/h3-14,26H,15-21H2,1-2H3,(H,32,37). The van der Waals surface area contributed by atoms with Crippen molar-refractivity contribution < 1.29 is 14.4 Å². The van der Waals surface area contributed by atoms with E-state index < -0.39 is 0 Å². The number of hydrogen-bond donors (Lipinski definition) is 1. The molecule has 0 radical (unpaired) electrons. The molecule has 2 aliphatic heterocycles. The highest BCUT2D eigenvalue weighted by atomic mass is 16.2. The fourth-order valence-corrected chi connectivity index (χ4v) is 5.21. The number of para-hydroxylation sites is 1. The largest absolute Gasteiger partial charge is 0.368 e. The zero-order valence-corrected chi connectivity index (χ0v) is 22.0. The van der Waals surface area contributed by atoms with Gasteiger partial charge in [-0.3, -0.25) is 14.4 Å². The first-order valence-electron chi connectivity index (χ1n) is 13.2. The van der Waals surface area contributed by atoms with Crippen LogP contribution in [0.5, 0.6) is 0 Å². The summed E-state index contributed by atoms with van der Waals surface area (Å²) < 4.78 is 0. The molecule has 2 saturated heterocycles. The topological polar surface area (TPSA) is 73.0 Å². The molecule has 0 aliphatic carbocycles. The minimum absolute atomic E-state index is 0.000414. The Balaban J connectivity index is 1.12. The van der Waals surface area contributed by atoms with Crippen LogP contribution in [0.4, 0.5) is 11.4 Å². The third-order valence-electron chi connectivity index (χ3n) is 7.50. The minimum Gasteiger partial charge on any atom is -0.368 e. The number of rotatable bonds is 6. The van der Waals surface area contributed by atoms with Crippen LogP contribution < -0.4 is 10.2 Å². The van der Waals surface area contributed by atoms with Crippen molar-refractivity contribution in [3.05, 3.63) is 95.1 Å². The van der Waals surface area contributed by atoms with Crippen molar-refractivity contribution in [1.29, 1.82) is 0 Å². The molecule has 7 heteroatoms. The number of benzene rings is 3. The number of hydrogen-bond acceptors (Lipinski definition) is 4. The molecule has 2 aliphatic rings. The zero-order chi connectivity index (χ0) is 26.6. The predicted molar refractivity (Wildman–Crippen MR) is 149 cm³/mol. The molecular weight excluding hydrogens is 476 g/mol. The van der Waals surface area contributed by atoms with Crippen LogP contribution in [0.3, 0.4) is 0 Å². The van der Waals surface area contributed by atoms with Gasteiger partial charge in [0.1, 0.15) is 0 Å². The summed E-state index contributed by atoms with van der Waals surface area (Å²) in [6.07, 6.45) is 0.211. The second kappa shape index (κ2) is 11.1. The molecule has 2 heterocycles. The van der Waals surface area contributed by atoms with Crippen LogP contribution in [0.15, 0.2) is 72.8 Å². The summed E-state index contributed by atoms with van der Waals surface area (Å²) in [4.78, 5) is 44.4. The Morgan fingerprint density at radius 3 is 2.24 bits per heavy atom. The van der Waals surface area contributed by atoms with Crippen LogP contribution in [-0.2, 0) is 16.1 Å². The van der Waals surface area contributed by atoms with Crippen LogP contribution >= 0.6 is 0 Å². The molecule has 3 aromatic rings. The number of nitrogens with one attached hydrogen (secondary N) is 1. The van der Waals surface area contributed by atoms with Gasteiger partial charge < -0.3 is 20.0 Å². The SMILES string of the molecule is Cc1ccc(CN2CC(C(=O)Nc3ccc(C(=O)N4CCN(c5ccccc5C)CC4)cc3)CC2=O)cc1. The normalized spacial score (nSPS) is 17.6. The van der Waals surface area contributed by atoms with Gasteiger partial charge in [-0.15, -0.1) is 0 Å². The Morgan fingerprint density at radius 1 is 0.868 bits per heavy atom. The van der Waals surface area contributed by atoms with E-state index in [-0.39, 0.29) is 30.1 Å². The summed E-state index contributed by atoms with van der Waals surface area (Å²) in [5.74, 6) is -0.565. The summed E-state index contributed by atoms with van der Waals surface area (Å²) in [7, 11) is 0. The first-order valence-corrected chi connectivity index (χ1v) is 13.2. The van der Waals surface area contributed by atoms with Gasteiger partial charge in [-0.1, -0.05) is 48.0 Å².